The molecule has 1 aromatic heterocycles. The van der Waals surface area contributed by atoms with E-state index in [1.54, 1.807) is 7.11 Å². The molecule has 5 heteroatoms. The normalized spacial score (nSPS) is 11.4. The number of nitriles is 1. The third-order valence-corrected chi connectivity index (χ3v) is 4.66. The molecule has 2 aromatic carbocycles. The van der Waals surface area contributed by atoms with Crippen LogP contribution in [0, 0.1) is 18.3 Å². The van der Waals surface area contributed by atoms with Gasteiger partial charge in [0.1, 0.15) is 17.6 Å². The molecule has 3 aromatic rings. The summed E-state index contributed by atoms with van der Waals surface area (Å²) < 4.78 is 5.57. The highest BCUT2D eigenvalue weighted by Crippen LogP contribution is 2.29. The SMILES string of the molecule is CCN(CC)c1ccc(C=C(C#N)c2nc3ccc(C)cc3[nH]2)c(OC)c1. The Bertz CT molecular complexity index is 1020. The monoisotopic (exact) mass is 360 g/mol. The predicted octanol–water partition coefficient (Wildman–Crippen LogP) is 4.79. The van der Waals surface area contributed by atoms with Crippen LogP contribution < -0.4 is 9.64 Å². The van der Waals surface area contributed by atoms with Crippen LogP contribution in [0.4, 0.5) is 5.69 Å². The highest BCUT2D eigenvalue weighted by Gasteiger charge is 2.11. The van der Waals surface area contributed by atoms with Crippen molar-refractivity contribution in [2.45, 2.75) is 20.8 Å². The van der Waals surface area contributed by atoms with Crippen molar-refractivity contribution in [1.82, 2.24) is 9.97 Å². The number of aromatic amines is 1. The van der Waals surface area contributed by atoms with Crippen molar-refractivity contribution in [2.24, 2.45) is 0 Å². The van der Waals surface area contributed by atoms with Crippen LogP contribution in [0.15, 0.2) is 36.4 Å². The number of benzene rings is 2. The second-order valence-electron chi connectivity index (χ2n) is 6.37. The molecule has 0 fully saturated rings. The van der Waals surface area contributed by atoms with E-state index in [4.69, 9.17) is 4.74 Å². The average Bonchev–Trinajstić information content (AvgIpc) is 3.10. The Morgan fingerprint density at radius 2 is 2.00 bits per heavy atom. The Morgan fingerprint density at radius 3 is 2.67 bits per heavy atom. The van der Waals surface area contributed by atoms with Crippen LogP contribution in [0.25, 0.3) is 22.7 Å². The van der Waals surface area contributed by atoms with E-state index in [2.05, 4.69) is 40.9 Å². The molecular formula is C22H24N4O. The van der Waals surface area contributed by atoms with Crippen molar-refractivity contribution >= 4 is 28.4 Å². The first-order chi connectivity index (χ1) is 13.1. The molecule has 0 aliphatic rings. The molecule has 0 saturated heterocycles. The number of methoxy groups -OCH3 is 1. The summed E-state index contributed by atoms with van der Waals surface area (Å²) in [4.78, 5) is 10.0. The van der Waals surface area contributed by atoms with Gasteiger partial charge in [-0.25, -0.2) is 4.98 Å². The van der Waals surface area contributed by atoms with Crippen LogP contribution in [-0.2, 0) is 0 Å². The number of hydrogen-bond donors (Lipinski definition) is 1. The zero-order valence-corrected chi connectivity index (χ0v) is 16.2. The average molecular weight is 360 g/mol. The molecule has 0 aliphatic heterocycles. The number of anilines is 1. The van der Waals surface area contributed by atoms with Crippen LogP contribution >= 0.6 is 0 Å². The lowest BCUT2D eigenvalue weighted by molar-refractivity contribution is 0.414. The maximum atomic E-state index is 9.68. The number of aryl methyl sites for hydroxylation is 1. The third kappa shape index (κ3) is 3.80. The number of aromatic nitrogens is 2. The molecule has 1 heterocycles. The minimum absolute atomic E-state index is 0.470. The lowest BCUT2D eigenvalue weighted by Gasteiger charge is -2.22. The molecule has 0 radical (unpaired) electrons. The van der Waals surface area contributed by atoms with Crippen LogP contribution in [0.2, 0.25) is 0 Å². The number of nitrogens with one attached hydrogen (secondary N) is 1. The van der Waals surface area contributed by atoms with Gasteiger partial charge < -0.3 is 14.6 Å². The van der Waals surface area contributed by atoms with Gasteiger partial charge >= 0.3 is 0 Å². The Labute approximate surface area is 159 Å². The minimum Gasteiger partial charge on any atom is -0.496 e. The first kappa shape index (κ1) is 18.5. The second-order valence-corrected chi connectivity index (χ2v) is 6.37. The summed E-state index contributed by atoms with van der Waals surface area (Å²) in [5, 5.41) is 9.68. The molecule has 5 nitrogen and oxygen atoms in total. The molecule has 0 saturated carbocycles. The number of rotatable bonds is 6. The molecular weight excluding hydrogens is 336 g/mol. The number of H-pyrrole nitrogens is 1. The van der Waals surface area contributed by atoms with Crippen molar-refractivity contribution in [3.8, 4) is 11.8 Å². The van der Waals surface area contributed by atoms with Crippen molar-refractivity contribution in [2.75, 3.05) is 25.1 Å². The Morgan fingerprint density at radius 1 is 1.22 bits per heavy atom. The van der Waals surface area contributed by atoms with Gasteiger partial charge in [0.25, 0.3) is 0 Å². The van der Waals surface area contributed by atoms with E-state index in [9.17, 15) is 5.26 Å². The summed E-state index contributed by atoms with van der Waals surface area (Å²) in [5.41, 5.74) is 5.34. The molecule has 0 spiro atoms. The van der Waals surface area contributed by atoms with E-state index in [0.717, 1.165) is 46.7 Å². The van der Waals surface area contributed by atoms with Gasteiger partial charge in [0.15, 0.2) is 0 Å². The largest absolute Gasteiger partial charge is 0.496 e. The zero-order chi connectivity index (χ0) is 19.4. The molecule has 138 valence electrons. The topological polar surface area (TPSA) is 64.9 Å². The van der Waals surface area contributed by atoms with Crippen molar-refractivity contribution < 1.29 is 4.74 Å². The number of nitrogens with zero attached hydrogens (tertiary/aromatic N) is 3. The molecule has 0 unspecified atom stereocenters. The van der Waals surface area contributed by atoms with E-state index in [0.29, 0.717) is 11.4 Å². The molecule has 27 heavy (non-hydrogen) atoms. The first-order valence-electron chi connectivity index (χ1n) is 9.11. The standard InChI is InChI=1S/C22H24N4O/c1-5-26(6-2)18-9-8-16(21(13-18)27-4)12-17(14-23)22-24-19-10-7-15(3)11-20(19)25-22/h7-13H,5-6H2,1-4H3,(H,24,25). The first-order valence-corrected chi connectivity index (χ1v) is 9.11. The Hall–Kier alpha value is -3.26. The Kier molecular flexibility index (Phi) is 5.46. The van der Waals surface area contributed by atoms with E-state index in [-0.39, 0.29) is 0 Å². The van der Waals surface area contributed by atoms with Gasteiger partial charge in [0.2, 0.25) is 0 Å². The molecule has 3 rings (SSSR count). The summed E-state index contributed by atoms with van der Waals surface area (Å²) >= 11 is 0. The molecule has 0 atom stereocenters. The van der Waals surface area contributed by atoms with Gasteiger partial charge in [-0.3, -0.25) is 0 Å². The molecule has 1 N–H and O–H groups in total. The summed E-state index contributed by atoms with van der Waals surface area (Å²) in [6.45, 7) is 8.14. The fourth-order valence-electron chi connectivity index (χ4n) is 3.16. The fourth-order valence-corrected chi connectivity index (χ4v) is 3.16. The maximum Gasteiger partial charge on any atom is 0.149 e. The molecule has 0 bridgehead atoms. The van der Waals surface area contributed by atoms with Crippen molar-refractivity contribution in [1.29, 1.82) is 5.26 Å². The van der Waals surface area contributed by atoms with Gasteiger partial charge in [0.05, 0.1) is 23.7 Å². The Balaban J connectivity index is 2.03. The molecule has 0 amide bonds. The number of fused-ring (bicyclic) bond motifs is 1. The number of hydrogen-bond acceptors (Lipinski definition) is 4. The lowest BCUT2D eigenvalue weighted by atomic mass is 10.1. The van der Waals surface area contributed by atoms with E-state index in [1.165, 1.54) is 0 Å². The van der Waals surface area contributed by atoms with Crippen LogP contribution in [0.5, 0.6) is 5.75 Å². The summed E-state index contributed by atoms with van der Waals surface area (Å²) in [5.74, 6) is 1.30. The summed E-state index contributed by atoms with van der Waals surface area (Å²) in [6.07, 6.45) is 1.81. The fraction of sp³-hybridized carbons (Fsp3) is 0.273. The summed E-state index contributed by atoms with van der Waals surface area (Å²) in [7, 11) is 1.65. The van der Waals surface area contributed by atoms with Crippen LogP contribution in [0.1, 0.15) is 30.8 Å². The van der Waals surface area contributed by atoms with Crippen LogP contribution in [-0.4, -0.2) is 30.2 Å². The van der Waals surface area contributed by atoms with Crippen LogP contribution in [0.3, 0.4) is 0 Å². The molecule has 0 aliphatic carbocycles. The minimum atomic E-state index is 0.470. The highest BCUT2D eigenvalue weighted by molar-refractivity contribution is 5.91. The van der Waals surface area contributed by atoms with Gasteiger partial charge in [-0.2, -0.15) is 5.26 Å². The van der Waals surface area contributed by atoms with Gasteiger partial charge in [0, 0.05) is 30.4 Å². The number of imidazole rings is 1. The van der Waals surface area contributed by atoms with E-state index in [1.807, 2.05) is 43.3 Å². The zero-order valence-electron chi connectivity index (χ0n) is 16.2. The second kappa shape index (κ2) is 7.96. The lowest BCUT2D eigenvalue weighted by Crippen LogP contribution is -2.21. The smallest absolute Gasteiger partial charge is 0.149 e. The van der Waals surface area contributed by atoms with Gasteiger partial charge in [-0.05, 0) is 56.7 Å². The van der Waals surface area contributed by atoms with Crippen molar-refractivity contribution in [3.63, 3.8) is 0 Å². The third-order valence-electron chi connectivity index (χ3n) is 4.66. The summed E-state index contributed by atoms with van der Waals surface area (Å²) in [6, 6.07) is 14.3. The quantitative estimate of drug-likeness (QED) is 0.642. The predicted molar refractivity (Wildman–Crippen MR) is 111 cm³/mol. The van der Waals surface area contributed by atoms with E-state index < -0.39 is 0 Å². The van der Waals surface area contributed by atoms with Crippen molar-refractivity contribution in [3.05, 3.63) is 53.3 Å². The number of ether oxygens (including phenoxy) is 1. The maximum absolute atomic E-state index is 9.68. The van der Waals surface area contributed by atoms with E-state index >= 15 is 0 Å². The number of allylic oxidation sites excluding steroid dienone is 1. The van der Waals surface area contributed by atoms with Gasteiger partial charge in [-0.1, -0.05) is 6.07 Å². The van der Waals surface area contributed by atoms with Gasteiger partial charge in [-0.15, -0.1) is 0 Å². The highest BCUT2D eigenvalue weighted by atomic mass is 16.5.